The first-order valence-electron chi connectivity index (χ1n) is 13.2. The zero-order valence-electron chi connectivity index (χ0n) is 22.2. The molecule has 1 atom stereocenters. The lowest BCUT2D eigenvalue weighted by molar-refractivity contribution is -0.00737. The maximum atomic E-state index is 9.51. The van der Waals surface area contributed by atoms with Crippen molar-refractivity contribution >= 4 is 40.5 Å². The molecule has 1 saturated heterocycles. The first-order valence-corrected chi connectivity index (χ1v) is 14.4. The van der Waals surface area contributed by atoms with E-state index in [9.17, 15) is 5.53 Å². The van der Waals surface area contributed by atoms with Crippen molar-refractivity contribution in [3.63, 3.8) is 0 Å². The summed E-state index contributed by atoms with van der Waals surface area (Å²) < 4.78 is 0. The standard InChI is InChI=1S/C32H26Cl3N5O/c1-31(25-16-26(33)29(35)27(34)17-25)18-28(37-41-31)21-12-14-24(15-13-21)32(38-39-36)19-40(20-32)30(22-8-4-2-5-9-22)23-10-6-3-7-11-23/h2-17,30H,18-20H2,1H3. The molecule has 0 aromatic heterocycles. The minimum Gasteiger partial charge on any atom is -0.384 e. The van der Waals surface area contributed by atoms with Crippen LogP contribution in [0.15, 0.2) is 107 Å². The molecule has 0 N–H and O–H groups in total. The summed E-state index contributed by atoms with van der Waals surface area (Å²) in [5.41, 5.74) is 14.0. The molecule has 2 aliphatic rings. The molecular weight excluding hydrogens is 577 g/mol. The molecule has 9 heteroatoms. The molecule has 1 fully saturated rings. The van der Waals surface area contributed by atoms with E-state index in [0.29, 0.717) is 34.6 Å². The van der Waals surface area contributed by atoms with Crippen molar-refractivity contribution in [1.29, 1.82) is 0 Å². The fourth-order valence-corrected chi connectivity index (χ4v) is 6.36. The predicted molar refractivity (Wildman–Crippen MR) is 165 cm³/mol. The Hall–Kier alpha value is -3.51. The minimum absolute atomic E-state index is 0.0660. The largest absolute Gasteiger partial charge is 0.384 e. The molecule has 0 aliphatic carbocycles. The van der Waals surface area contributed by atoms with Crippen molar-refractivity contribution in [2.75, 3.05) is 13.1 Å². The molecule has 0 spiro atoms. The molecule has 0 amide bonds. The SMILES string of the molecule is CC1(c2cc(Cl)c(Cl)c(Cl)c2)CC(c2ccc(C3(N=[N+]=[N-])CN(C(c4ccccc4)c4ccccc4)C3)cc2)=NO1. The van der Waals surface area contributed by atoms with E-state index in [1.54, 1.807) is 12.1 Å². The van der Waals surface area contributed by atoms with Crippen LogP contribution < -0.4 is 0 Å². The van der Waals surface area contributed by atoms with Crippen LogP contribution in [-0.2, 0) is 16.0 Å². The fraction of sp³-hybridized carbons (Fsp3) is 0.219. The van der Waals surface area contributed by atoms with Crippen LogP contribution in [0.4, 0.5) is 0 Å². The lowest BCUT2D eigenvalue weighted by Gasteiger charge is -2.51. The third-order valence-corrected chi connectivity index (χ3v) is 9.17. The lowest BCUT2D eigenvalue weighted by atomic mass is 9.79. The molecule has 2 aliphatic heterocycles. The van der Waals surface area contributed by atoms with E-state index >= 15 is 0 Å². The number of benzene rings is 4. The molecular formula is C32H26Cl3N5O. The second-order valence-electron chi connectivity index (χ2n) is 10.7. The number of halogens is 3. The smallest absolute Gasteiger partial charge is 0.165 e. The van der Waals surface area contributed by atoms with Crippen LogP contribution in [0.3, 0.4) is 0 Å². The average Bonchev–Trinajstić information content (AvgIpc) is 3.39. The van der Waals surface area contributed by atoms with Gasteiger partial charge >= 0.3 is 0 Å². The summed E-state index contributed by atoms with van der Waals surface area (Å²) >= 11 is 18.7. The van der Waals surface area contributed by atoms with E-state index in [0.717, 1.165) is 22.4 Å². The second kappa shape index (κ2) is 11.1. The number of hydrogen-bond donors (Lipinski definition) is 0. The summed E-state index contributed by atoms with van der Waals surface area (Å²) in [6.07, 6.45) is 0.533. The normalized spacial score (nSPS) is 19.7. The molecule has 4 aromatic rings. The molecule has 41 heavy (non-hydrogen) atoms. The summed E-state index contributed by atoms with van der Waals surface area (Å²) in [4.78, 5) is 11.5. The molecule has 6 rings (SSSR count). The number of rotatable bonds is 7. The van der Waals surface area contributed by atoms with Gasteiger partial charge < -0.3 is 4.84 Å². The number of likely N-dealkylation sites (tertiary alicyclic amines) is 1. The van der Waals surface area contributed by atoms with Gasteiger partial charge in [0.25, 0.3) is 0 Å². The Morgan fingerprint density at radius 1 is 0.854 bits per heavy atom. The van der Waals surface area contributed by atoms with Crippen molar-refractivity contribution < 1.29 is 4.84 Å². The van der Waals surface area contributed by atoms with Crippen LogP contribution in [0.5, 0.6) is 0 Å². The molecule has 6 nitrogen and oxygen atoms in total. The van der Waals surface area contributed by atoms with Crippen LogP contribution in [0.1, 0.15) is 47.2 Å². The Morgan fingerprint density at radius 2 is 1.41 bits per heavy atom. The highest BCUT2D eigenvalue weighted by atomic mass is 35.5. The van der Waals surface area contributed by atoms with Crippen LogP contribution in [0, 0.1) is 0 Å². The summed E-state index contributed by atoms with van der Waals surface area (Å²) in [7, 11) is 0. The maximum Gasteiger partial charge on any atom is 0.165 e. The molecule has 206 valence electrons. The van der Waals surface area contributed by atoms with Gasteiger partial charge in [0.15, 0.2) is 5.60 Å². The Balaban J connectivity index is 1.22. The summed E-state index contributed by atoms with van der Waals surface area (Å²) in [6, 6.07) is 32.5. The third-order valence-electron chi connectivity index (χ3n) is 7.97. The third kappa shape index (κ3) is 5.19. The summed E-state index contributed by atoms with van der Waals surface area (Å²) in [5, 5.41) is 9.76. The average molecular weight is 603 g/mol. The van der Waals surface area contributed by atoms with Gasteiger partial charge in [0.1, 0.15) is 0 Å². The minimum atomic E-state index is -0.726. The molecule has 4 aromatic carbocycles. The van der Waals surface area contributed by atoms with Crippen molar-refractivity contribution in [3.05, 3.63) is 150 Å². The number of oxime groups is 1. The van der Waals surface area contributed by atoms with Gasteiger partial charge in [-0.3, -0.25) is 4.90 Å². The highest BCUT2D eigenvalue weighted by Gasteiger charge is 2.47. The Bertz CT molecular complexity index is 1590. The zero-order valence-corrected chi connectivity index (χ0v) is 24.5. The molecule has 1 unspecified atom stereocenters. The molecule has 0 saturated carbocycles. The van der Waals surface area contributed by atoms with Crippen molar-refractivity contribution in [2.24, 2.45) is 10.3 Å². The van der Waals surface area contributed by atoms with Gasteiger partial charge in [0, 0.05) is 30.0 Å². The predicted octanol–water partition coefficient (Wildman–Crippen LogP) is 9.30. The lowest BCUT2D eigenvalue weighted by Crippen LogP contribution is -2.59. The Morgan fingerprint density at radius 3 is 1.95 bits per heavy atom. The van der Waals surface area contributed by atoms with Gasteiger partial charge in [-0.15, -0.1) is 0 Å². The number of hydrogen-bond acceptors (Lipinski definition) is 4. The van der Waals surface area contributed by atoms with E-state index in [4.69, 9.17) is 39.6 Å². The number of azide groups is 1. The van der Waals surface area contributed by atoms with Gasteiger partial charge in [-0.05, 0) is 46.8 Å². The van der Waals surface area contributed by atoms with Gasteiger partial charge in [0.05, 0.1) is 32.4 Å². The van der Waals surface area contributed by atoms with Crippen molar-refractivity contribution in [1.82, 2.24) is 4.90 Å². The van der Waals surface area contributed by atoms with E-state index in [1.165, 1.54) is 11.1 Å². The molecule has 2 heterocycles. The van der Waals surface area contributed by atoms with Crippen LogP contribution >= 0.6 is 34.8 Å². The number of nitrogens with zero attached hydrogens (tertiary/aromatic N) is 5. The van der Waals surface area contributed by atoms with Crippen molar-refractivity contribution in [3.8, 4) is 0 Å². The molecule has 0 bridgehead atoms. The van der Waals surface area contributed by atoms with E-state index in [1.807, 2.05) is 43.3 Å². The topological polar surface area (TPSA) is 73.6 Å². The van der Waals surface area contributed by atoms with Crippen molar-refractivity contribution in [2.45, 2.75) is 30.5 Å². The van der Waals surface area contributed by atoms with Crippen LogP contribution in [0.25, 0.3) is 10.4 Å². The second-order valence-corrected chi connectivity index (χ2v) is 11.9. The first-order chi connectivity index (χ1) is 19.8. The quantitative estimate of drug-likeness (QED) is 0.0915. The Kier molecular flexibility index (Phi) is 7.45. The summed E-state index contributed by atoms with van der Waals surface area (Å²) in [5.74, 6) is 0. The van der Waals surface area contributed by atoms with E-state index in [2.05, 4.69) is 68.6 Å². The maximum absolute atomic E-state index is 9.51. The van der Waals surface area contributed by atoms with Gasteiger partial charge in [0.2, 0.25) is 0 Å². The Labute approximate surface area is 253 Å². The highest BCUT2D eigenvalue weighted by Crippen LogP contribution is 2.44. The van der Waals surface area contributed by atoms with E-state index < -0.39 is 11.1 Å². The van der Waals surface area contributed by atoms with Crippen LogP contribution in [-0.4, -0.2) is 23.7 Å². The summed E-state index contributed by atoms with van der Waals surface area (Å²) in [6.45, 7) is 3.15. The molecule has 0 radical (unpaired) electrons. The first kappa shape index (κ1) is 27.6. The monoisotopic (exact) mass is 601 g/mol. The highest BCUT2D eigenvalue weighted by molar-refractivity contribution is 6.48. The zero-order chi connectivity index (χ0) is 28.6. The van der Waals surface area contributed by atoms with Gasteiger partial charge in [-0.1, -0.05) is 130 Å². The van der Waals surface area contributed by atoms with Gasteiger partial charge in [-0.25, -0.2) is 0 Å². The van der Waals surface area contributed by atoms with Crippen LogP contribution in [0.2, 0.25) is 15.1 Å². The van der Waals surface area contributed by atoms with Gasteiger partial charge in [-0.2, -0.15) is 0 Å². The van der Waals surface area contributed by atoms with E-state index in [-0.39, 0.29) is 6.04 Å². The fourth-order valence-electron chi connectivity index (χ4n) is 5.77.